The lowest BCUT2D eigenvalue weighted by molar-refractivity contribution is 0.223. The van der Waals surface area contributed by atoms with Crippen molar-refractivity contribution in [2.75, 3.05) is 0 Å². The molecule has 2 aromatic rings. The summed E-state index contributed by atoms with van der Waals surface area (Å²) >= 11 is 11.0. The number of aliphatic hydroxyl groups is 1. The molecule has 0 saturated heterocycles. The van der Waals surface area contributed by atoms with Crippen molar-refractivity contribution in [1.82, 2.24) is 0 Å². The quantitative estimate of drug-likeness (QED) is 0.833. The van der Waals surface area contributed by atoms with E-state index >= 15 is 0 Å². The minimum absolute atomic E-state index is 0.598. The van der Waals surface area contributed by atoms with Gasteiger partial charge in [0.1, 0.15) is 6.10 Å². The summed E-state index contributed by atoms with van der Waals surface area (Å²) in [5.41, 5.74) is 1.85. The molecule has 1 nitrogen and oxygen atoms in total. The number of thiophene rings is 1. The summed E-state index contributed by atoms with van der Waals surface area (Å²) in [7, 11) is 0. The van der Waals surface area contributed by atoms with Crippen molar-refractivity contribution in [3.63, 3.8) is 0 Å². The van der Waals surface area contributed by atoms with Crippen molar-refractivity contribution in [3.05, 3.63) is 54.6 Å². The Morgan fingerprint density at radius 1 is 1.29 bits per heavy atom. The lowest BCUT2D eigenvalue weighted by atomic mass is 10.1. The summed E-state index contributed by atoms with van der Waals surface area (Å²) in [5, 5.41) is 11.1. The maximum absolute atomic E-state index is 10.3. The zero-order chi connectivity index (χ0) is 12.6. The lowest BCUT2D eigenvalue weighted by Crippen LogP contribution is -1.98. The number of hydrogen-bond acceptors (Lipinski definition) is 2. The summed E-state index contributed by atoms with van der Waals surface area (Å²) in [6, 6.07) is 7.63. The van der Waals surface area contributed by atoms with Crippen LogP contribution < -0.4 is 0 Å². The molecule has 2 rings (SSSR count). The fourth-order valence-corrected chi connectivity index (χ4v) is 3.68. The Morgan fingerprint density at radius 2 is 2.00 bits per heavy atom. The van der Waals surface area contributed by atoms with Gasteiger partial charge in [0.25, 0.3) is 0 Å². The van der Waals surface area contributed by atoms with Gasteiger partial charge in [-0.3, -0.25) is 0 Å². The van der Waals surface area contributed by atoms with Crippen molar-refractivity contribution in [3.8, 4) is 0 Å². The Bertz CT molecular complexity index is 550. The van der Waals surface area contributed by atoms with Gasteiger partial charge in [-0.1, -0.05) is 23.7 Å². The van der Waals surface area contributed by atoms with Crippen molar-refractivity contribution in [1.29, 1.82) is 0 Å². The largest absolute Gasteiger partial charge is 0.383 e. The third-order valence-electron chi connectivity index (χ3n) is 2.58. The van der Waals surface area contributed by atoms with Gasteiger partial charge in [0.15, 0.2) is 0 Å². The standard InChI is InChI=1S/C13H12BrClOS/c1-7-5-9(3-4-11(7)15)12(16)13-10(14)6-8(2)17-13/h3-6,12,16H,1-2H3. The molecule has 0 saturated carbocycles. The summed E-state index contributed by atoms with van der Waals surface area (Å²) in [4.78, 5) is 2.11. The van der Waals surface area contributed by atoms with Gasteiger partial charge in [0.05, 0.1) is 4.88 Å². The normalized spacial score (nSPS) is 12.8. The molecule has 0 fully saturated rings. The molecule has 1 unspecified atom stereocenters. The molecule has 1 aromatic heterocycles. The maximum atomic E-state index is 10.3. The van der Waals surface area contributed by atoms with Crippen LogP contribution in [0.2, 0.25) is 5.02 Å². The van der Waals surface area contributed by atoms with Crippen LogP contribution in [0.15, 0.2) is 28.7 Å². The highest BCUT2D eigenvalue weighted by atomic mass is 79.9. The predicted octanol–water partition coefficient (Wildman–Crippen LogP) is 4.86. The topological polar surface area (TPSA) is 20.2 Å². The summed E-state index contributed by atoms with van der Waals surface area (Å²) in [5.74, 6) is 0. The molecule has 4 heteroatoms. The molecule has 0 aliphatic carbocycles. The first-order valence-electron chi connectivity index (χ1n) is 5.19. The molecule has 17 heavy (non-hydrogen) atoms. The van der Waals surface area contributed by atoms with Gasteiger partial charge in [-0.25, -0.2) is 0 Å². The Labute approximate surface area is 118 Å². The molecule has 0 radical (unpaired) electrons. The first kappa shape index (κ1) is 13.1. The average molecular weight is 332 g/mol. The zero-order valence-corrected chi connectivity index (χ0v) is 12.7. The number of aliphatic hydroxyl groups excluding tert-OH is 1. The van der Waals surface area contributed by atoms with E-state index in [1.54, 1.807) is 11.3 Å². The highest BCUT2D eigenvalue weighted by molar-refractivity contribution is 9.10. The molecule has 1 N–H and O–H groups in total. The molecular weight excluding hydrogens is 320 g/mol. The van der Waals surface area contributed by atoms with Crippen LogP contribution in [0.25, 0.3) is 0 Å². The van der Waals surface area contributed by atoms with Crippen LogP contribution in [0.1, 0.15) is 27.0 Å². The second-order valence-electron chi connectivity index (χ2n) is 3.98. The van der Waals surface area contributed by atoms with Crippen LogP contribution in [-0.4, -0.2) is 5.11 Å². The van der Waals surface area contributed by atoms with Crippen molar-refractivity contribution >= 4 is 38.9 Å². The van der Waals surface area contributed by atoms with Crippen LogP contribution in [-0.2, 0) is 0 Å². The first-order valence-corrected chi connectivity index (χ1v) is 7.17. The Morgan fingerprint density at radius 3 is 2.53 bits per heavy atom. The summed E-state index contributed by atoms with van der Waals surface area (Å²) in [6.45, 7) is 3.96. The molecule has 1 atom stereocenters. The fraction of sp³-hybridized carbons (Fsp3) is 0.231. The van der Waals surface area contributed by atoms with E-state index in [1.165, 1.54) is 4.88 Å². The van der Waals surface area contributed by atoms with Crippen molar-refractivity contribution < 1.29 is 5.11 Å². The minimum atomic E-state index is -0.598. The van der Waals surface area contributed by atoms with E-state index in [0.29, 0.717) is 0 Å². The van der Waals surface area contributed by atoms with E-state index in [1.807, 2.05) is 38.1 Å². The number of rotatable bonds is 2. The Kier molecular flexibility index (Phi) is 3.93. The monoisotopic (exact) mass is 330 g/mol. The number of halogens is 2. The van der Waals surface area contributed by atoms with Crippen LogP contribution in [0, 0.1) is 13.8 Å². The van der Waals surface area contributed by atoms with Gasteiger partial charge in [0, 0.05) is 14.4 Å². The van der Waals surface area contributed by atoms with Crippen molar-refractivity contribution in [2.45, 2.75) is 20.0 Å². The molecule has 0 aliphatic heterocycles. The second-order valence-corrected chi connectivity index (χ2v) is 6.53. The van der Waals surface area contributed by atoms with E-state index in [2.05, 4.69) is 15.9 Å². The maximum Gasteiger partial charge on any atom is 0.114 e. The average Bonchev–Trinajstić information content (AvgIpc) is 2.61. The number of aryl methyl sites for hydroxylation is 2. The minimum Gasteiger partial charge on any atom is -0.383 e. The van der Waals surface area contributed by atoms with Gasteiger partial charge in [-0.05, 0) is 53.0 Å². The fourth-order valence-electron chi connectivity index (χ4n) is 1.68. The lowest BCUT2D eigenvalue weighted by Gasteiger charge is -2.11. The van der Waals surface area contributed by atoms with Gasteiger partial charge < -0.3 is 5.11 Å². The predicted molar refractivity (Wildman–Crippen MR) is 77.0 cm³/mol. The van der Waals surface area contributed by atoms with E-state index < -0.39 is 6.10 Å². The second kappa shape index (κ2) is 5.11. The highest BCUT2D eigenvalue weighted by Crippen LogP contribution is 2.36. The van der Waals surface area contributed by atoms with Crippen molar-refractivity contribution in [2.24, 2.45) is 0 Å². The molecule has 0 spiro atoms. The van der Waals surface area contributed by atoms with Crippen LogP contribution >= 0.6 is 38.9 Å². The van der Waals surface area contributed by atoms with Gasteiger partial charge in [0.2, 0.25) is 0 Å². The van der Waals surface area contributed by atoms with Gasteiger partial charge in [-0.2, -0.15) is 0 Å². The third-order valence-corrected chi connectivity index (χ3v) is 5.03. The molecule has 0 bridgehead atoms. The SMILES string of the molecule is Cc1cc(Br)c(C(O)c2ccc(Cl)c(C)c2)s1. The third kappa shape index (κ3) is 2.74. The molecule has 1 heterocycles. The first-order chi connectivity index (χ1) is 7.99. The van der Waals surface area contributed by atoms with E-state index in [-0.39, 0.29) is 0 Å². The molecule has 90 valence electrons. The van der Waals surface area contributed by atoms with E-state index in [4.69, 9.17) is 11.6 Å². The smallest absolute Gasteiger partial charge is 0.114 e. The van der Waals surface area contributed by atoms with Gasteiger partial charge >= 0.3 is 0 Å². The Hall–Kier alpha value is -0.350. The van der Waals surface area contributed by atoms with Crippen LogP contribution in [0.3, 0.4) is 0 Å². The van der Waals surface area contributed by atoms with Gasteiger partial charge in [-0.15, -0.1) is 11.3 Å². The van der Waals surface area contributed by atoms with E-state index in [9.17, 15) is 5.11 Å². The zero-order valence-electron chi connectivity index (χ0n) is 9.50. The van der Waals surface area contributed by atoms with Crippen LogP contribution in [0.5, 0.6) is 0 Å². The highest BCUT2D eigenvalue weighted by Gasteiger charge is 2.16. The van der Waals surface area contributed by atoms with E-state index in [0.717, 1.165) is 25.5 Å². The summed E-state index contributed by atoms with van der Waals surface area (Å²) < 4.78 is 0.958. The molecular formula is C13H12BrClOS. The molecule has 1 aromatic carbocycles. The number of hydrogen-bond donors (Lipinski definition) is 1. The Balaban J connectivity index is 2.40. The molecule has 0 amide bonds. The number of benzene rings is 1. The molecule has 0 aliphatic rings. The van der Waals surface area contributed by atoms with Crippen LogP contribution in [0.4, 0.5) is 0 Å². The summed E-state index contributed by atoms with van der Waals surface area (Å²) in [6.07, 6.45) is -0.598.